The Morgan fingerprint density at radius 3 is 3.17 bits per heavy atom. The Kier molecular flexibility index (Phi) is 1.47. The summed E-state index contributed by atoms with van der Waals surface area (Å²) < 4.78 is 0. The molecule has 2 aromatic rings. The highest BCUT2D eigenvalue weighted by Gasteiger charge is 2.13. The van der Waals surface area contributed by atoms with Gasteiger partial charge in [0.1, 0.15) is 16.5 Å². The highest BCUT2D eigenvalue weighted by Crippen LogP contribution is 2.28. The lowest BCUT2D eigenvalue weighted by Gasteiger charge is -1.85. The van der Waals surface area contributed by atoms with Gasteiger partial charge in [0.05, 0.1) is 10.3 Å². The lowest BCUT2D eigenvalue weighted by molar-refractivity contribution is -0.382. The molecule has 12 heavy (non-hydrogen) atoms. The van der Waals surface area contributed by atoms with Gasteiger partial charge < -0.3 is 0 Å². The van der Waals surface area contributed by atoms with E-state index in [9.17, 15) is 10.1 Å². The largest absolute Gasteiger partial charge is 0.291 e. The minimum atomic E-state index is -0.428. The SMILES string of the molecule is O=[N+]([O-])c1csc2ncncc12. The summed E-state index contributed by atoms with van der Waals surface area (Å²) in [5, 5.41) is 12.4. The minimum absolute atomic E-state index is 0.0793. The number of nitrogens with zero attached hydrogens (tertiary/aromatic N) is 3. The third-order valence-corrected chi connectivity index (χ3v) is 2.32. The van der Waals surface area contributed by atoms with Crippen LogP contribution in [0.15, 0.2) is 17.9 Å². The first-order valence-electron chi connectivity index (χ1n) is 3.10. The van der Waals surface area contributed by atoms with Crippen LogP contribution in [0.25, 0.3) is 10.2 Å². The van der Waals surface area contributed by atoms with Gasteiger partial charge in [-0.15, -0.1) is 11.3 Å². The Morgan fingerprint density at radius 1 is 1.58 bits per heavy atom. The molecule has 0 aliphatic carbocycles. The molecule has 0 saturated heterocycles. The minimum Gasteiger partial charge on any atom is -0.258 e. The molecule has 0 N–H and O–H groups in total. The van der Waals surface area contributed by atoms with E-state index in [2.05, 4.69) is 9.97 Å². The summed E-state index contributed by atoms with van der Waals surface area (Å²) in [4.78, 5) is 18.3. The van der Waals surface area contributed by atoms with Gasteiger partial charge in [-0.2, -0.15) is 0 Å². The maximum atomic E-state index is 10.4. The van der Waals surface area contributed by atoms with Gasteiger partial charge in [0, 0.05) is 6.20 Å². The quantitative estimate of drug-likeness (QED) is 0.495. The van der Waals surface area contributed by atoms with Gasteiger partial charge in [-0.05, 0) is 0 Å². The predicted octanol–water partition coefficient (Wildman–Crippen LogP) is 1.60. The van der Waals surface area contributed by atoms with Crippen LogP contribution in [0.1, 0.15) is 0 Å². The summed E-state index contributed by atoms with van der Waals surface area (Å²) in [6, 6.07) is 0. The molecule has 60 valence electrons. The van der Waals surface area contributed by atoms with Gasteiger partial charge in [0.15, 0.2) is 0 Å². The number of hydrogen-bond donors (Lipinski definition) is 0. The second-order valence-corrected chi connectivity index (χ2v) is 2.98. The smallest absolute Gasteiger partial charge is 0.258 e. The van der Waals surface area contributed by atoms with Gasteiger partial charge in [-0.25, -0.2) is 9.97 Å². The average molecular weight is 181 g/mol. The highest BCUT2D eigenvalue weighted by atomic mass is 32.1. The van der Waals surface area contributed by atoms with Crippen LogP contribution in [-0.4, -0.2) is 14.9 Å². The first kappa shape index (κ1) is 7.11. The Bertz CT molecular complexity index is 439. The van der Waals surface area contributed by atoms with Gasteiger partial charge in [0.25, 0.3) is 5.69 Å². The van der Waals surface area contributed by atoms with Crippen LogP contribution in [0.2, 0.25) is 0 Å². The first-order chi connectivity index (χ1) is 5.79. The molecule has 0 aliphatic rings. The van der Waals surface area contributed by atoms with Gasteiger partial charge in [-0.1, -0.05) is 0 Å². The standard InChI is InChI=1S/C6H3N3O2S/c10-9(11)5-2-12-6-4(5)1-7-3-8-6/h1-3H. The van der Waals surface area contributed by atoms with Crippen molar-refractivity contribution in [3.8, 4) is 0 Å². The van der Waals surface area contributed by atoms with Crippen LogP contribution in [0, 0.1) is 10.1 Å². The van der Waals surface area contributed by atoms with Crippen molar-refractivity contribution in [2.45, 2.75) is 0 Å². The second kappa shape index (κ2) is 2.49. The Hall–Kier alpha value is -1.56. The van der Waals surface area contributed by atoms with Gasteiger partial charge in [0.2, 0.25) is 0 Å². The molecular formula is C6H3N3O2S. The molecule has 0 atom stereocenters. The highest BCUT2D eigenvalue weighted by molar-refractivity contribution is 7.17. The number of nitro groups is 1. The summed E-state index contributed by atoms with van der Waals surface area (Å²) in [5.74, 6) is 0. The summed E-state index contributed by atoms with van der Waals surface area (Å²) in [7, 11) is 0. The topological polar surface area (TPSA) is 68.9 Å². The van der Waals surface area contributed by atoms with E-state index in [0.29, 0.717) is 10.2 Å². The van der Waals surface area contributed by atoms with Crippen molar-refractivity contribution in [2.24, 2.45) is 0 Å². The van der Waals surface area contributed by atoms with Crippen molar-refractivity contribution in [3.05, 3.63) is 28.0 Å². The molecule has 2 heterocycles. The number of thiophene rings is 1. The Labute approximate surface area is 70.8 Å². The molecule has 0 radical (unpaired) electrons. The zero-order valence-corrected chi connectivity index (χ0v) is 6.61. The molecule has 2 rings (SSSR count). The fourth-order valence-corrected chi connectivity index (χ4v) is 1.73. The number of aromatic nitrogens is 2. The monoisotopic (exact) mass is 181 g/mol. The van der Waals surface area contributed by atoms with Crippen LogP contribution in [-0.2, 0) is 0 Å². The third kappa shape index (κ3) is 0.928. The molecule has 2 aromatic heterocycles. The fraction of sp³-hybridized carbons (Fsp3) is 0. The molecule has 0 spiro atoms. The zero-order valence-electron chi connectivity index (χ0n) is 5.80. The molecule has 0 fully saturated rings. The third-order valence-electron chi connectivity index (χ3n) is 1.43. The lowest BCUT2D eigenvalue weighted by Crippen LogP contribution is -1.85. The predicted molar refractivity (Wildman–Crippen MR) is 44.1 cm³/mol. The van der Waals surface area contributed by atoms with Crippen molar-refractivity contribution in [2.75, 3.05) is 0 Å². The number of rotatable bonds is 1. The maximum absolute atomic E-state index is 10.4. The first-order valence-corrected chi connectivity index (χ1v) is 3.98. The molecular weight excluding hydrogens is 178 g/mol. The molecule has 0 amide bonds. The number of hydrogen-bond acceptors (Lipinski definition) is 5. The van der Waals surface area contributed by atoms with Crippen LogP contribution >= 0.6 is 11.3 Å². The van der Waals surface area contributed by atoms with Crippen molar-refractivity contribution in [1.29, 1.82) is 0 Å². The van der Waals surface area contributed by atoms with Crippen LogP contribution in [0.5, 0.6) is 0 Å². The van der Waals surface area contributed by atoms with E-state index in [-0.39, 0.29) is 5.69 Å². The van der Waals surface area contributed by atoms with Crippen molar-refractivity contribution >= 4 is 27.2 Å². The molecule has 5 nitrogen and oxygen atoms in total. The summed E-state index contributed by atoms with van der Waals surface area (Å²) in [6.07, 6.45) is 2.83. The Morgan fingerprint density at radius 2 is 2.42 bits per heavy atom. The van der Waals surface area contributed by atoms with Crippen molar-refractivity contribution in [3.63, 3.8) is 0 Å². The van der Waals surface area contributed by atoms with Crippen molar-refractivity contribution in [1.82, 2.24) is 9.97 Å². The molecule has 6 heteroatoms. The van der Waals surface area contributed by atoms with Gasteiger partial charge in [-0.3, -0.25) is 10.1 Å². The van der Waals surface area contributed by atoms with E-state index in [1.165, 1.54) is 29.2 Å². The van der Waals surface area contributed by atoms with Gasteiger partial charge >= 0.3 is 0 Å². The van der Waals surface area contributed by atoms with E-state index in [4.69, 9.17) is 0 Å². The van der Waals surface area contributed by atoms with E-state index in [1.807, 2.05) is 0 Å². The zero-order chi connectivity index (χ0) is 8.55. The second-order valence-electron chi connectivity index (χ2n) is 2.12. The molecule has 0 aliphatic heterocycles. The molecule has 0 aromatic carbocycles. The fourth-order valence-electron chi connectivity index (χ4n) is 0.905. The molecule has 0 saturated carbocycles. The summed E-state index contributed by atoms with van der Waals surface area (Å²) >= 11 is 1.25. The van der Waals surface area contributed by atoms with Crippen LogP contribution < -0.4 is 0 Å². The Balaban J connectivity index is 2.79. The number of fused-ring (bicyclic) bond motifs is 1. The van der Waals surface area contributed by atoms with Crippen molar-refractivity contribution < 1.29 is 4.92 Å². The molecule has 0 bridgehead atoms. The van der Waals surface area contributed by atoms with E-state index in [1.54, 1.807) is 0 Å². The summed E-state index contributed by atoms with van der Waals surface area (Å²) in [5.41, 5.74) is 0.0793. The van der Waals surface area contributed by atoms with Crippen LogP contribution in [0.3, 0.4) is 0 Å². The maximum Gasteiger partial charge on any atom is 0.291 e. The summed E-state index contributed by atoms with van der Waals surface area (Å²) in [6.45, 7) is 0. The molecule has 0 unspecified atom stereocenters. The lowest BCUT2D eigenvalue weighted by atomic mass is 10.4. The average Bonchev–Trinajstić information content (AvgIpc) is 2.47. The van der Waals surface area contributed by atoms with E-state index >= 15 is 0 Å². The normalized spacial score (nSPS) is 10.3. The van der Waals surface area contributed by atoms with E-state index in [0.717, 1.165) is 0 Å². The van der Waals surface area contributed by atoms with E-state index < -0.39 is 4.92 Å². The van der Waals surface area contributed by atoms with Crippen LogP contribution in [0.4, 0.5) is 5.69 Å².